The Morgan fingerprint density at radius 3 is 1.67 bits per heavy atom. The van der Waals surface area contributed by atoms with Gasteiger partial charge in [-0.3, -0.25) is 0 Å². The van der Waals surface area contributed by atoms with Crippen LogP contribution in [0.5, 0.6) is 0 Å². The van der Waals surface area contributed by atoms with E-state index in [0.717, 1.165) is 0 Å². The van der Waals surface area contributed by atoms with E-state index in [4.69, 9.17) is 0 Å². The van der Waals surface area contributed by atoms with E-state index in [-0.39, 0.29) is 0 Å². The molecule has 0 aliphatic heterocycles. The molecular weight excluding hydrogens is 198 g/mol. The predicted molar refractivity (Wildman–Crippen MR) is 35.9 cm³/mol. The van der Waals surface area contributed by atoms with E-state index in [9.17, 15) is 0 Å². The molecule has 0 aliphatic carbocycles. The summed E-state index contributed by atoms with van der Waals surface area (Å²) in [5.41, 5.74) is 0. The van der Waals surface area contributed by atoms with Crippen molar-refractivity contribution in [2.45, 2.75) is 23.3 Å². The van der Waals surface area contributed by atoms with Gasteiger partial charge in [0.25, 0.3) is 0 Å². The summed E-state index contributed by atoms with van der Waals surface area (Å²) in [6.07, 6.45) is 0. The van der Waals surface area contributed by atoms with Gasteiger partial charge in [-0.1, -0.05) is 0 Å². The fourth-order valence-electron chi connectivity index (χ4n) is 0. The first kappa shape index (κ1) is 7.12. The second-order valence-corrected chi connectivity index (χ2v) is 6.33. The SMILES string of the molecule is CC(C)([AsH2])C[AsH2]. The van der Waals surface area contributed by atoms with Crippen LogP contribution < -0.4 is 0 Å². The molecule has 0 nitrogen and oxygen atoms in total. The fourth-order valence-corrected chi connectivity index (χ4v) is 0. The van der Waals surface area contributed by atoms with Crippen LogP contribution in [0.3, 0.4) is 0 Å². The molecule has 0 radical (unpaired) electrons. The van der Waals surface area contributed by atoms with Gasteiger partial charge in [-0.15, -0.1) is 0 Å². The normalized spacial score (nSPS) is 12.0. The van der Waals surface area contributed by atoms with Gasteiger partial charge in [0.1, 0.15) is 0 Å². The summed E-state index contributed by atoms with van der Waals surface area (Å²) >= 11 is 3.68. The first-order valence-corrected chi connectivity index (χ1v) is 4.97. The molecule has 38 valence electrons. The van der Waals surface area contributed by atoms with Crippen molar-refractivity contribution in [2.24, 2.45) is 0 Å². The second-order valence-electron chi connectivity index (χ2n) is 2.19. The van der Waals surface area contributed by atoms with Crippen molar-refractivity contribution < 1.29 is 0 Å². The maximum atomic E-state index is 2.29. The van der Waals surface area contributed by atoms with Gasteiger partial charge in [-0.05, 0) is 0 Å². The van der Waals surface area contributed by atoms with Gasteiger partial charge in [0.15, 0.2) is 0 Å². The number of hydrogen-bond donors (Lipinski definition) is 0. The van der Waals surface area contributed by atoms with Crippen LogP contribution in [0.4, 0.5) is 0 Å². The third kappa shape index (κ3) is 5.12. The minimum atomic E-state index is 0.632. The van der Waals surface area contributed by atoms with Crippen LogP contribution in [-0.4, -0.2) is 33.7 Å². The summed E-state index contributed by atoms with van der Waals surface area (Å²) in [6, 6.07) is 0. The van der Waals surface area contributed by atoms with E-state index < -0.39 is 0 Å². The van der Waals surface area contributed by atoms with Crippen LogP contribution in [-0.2, 0) is 0 Å². The topological polar surface area (TPSA) is 0 Å². The Kier molecular flexibility index (Phi) is 2.88. The summed E-state index contributed by atoms with van der Waals surface area (Å²) in [5.74, 6) is 0. The Bertz CT molecular complexity index is 35.3. The van der Waals surface area contributed by atoms with Crippen LogP contribution in [0.15, 0.2) is 0 Å². The van der Waals surface area contributed by atoms with Gasteiger partial charge in [-0.2, -0.15) is 0 Å². The van der Waals surface area contributed by atoms with E-state index in [1.807, 2.05) is 33.7 Å². The third-order valence-electron chi connectivity index (χ3n) is 0.526. The van der Waals surface area contributed by atoms with E-state index in [0.29, 0.717) is 4.20 Å². The molecule has 2 unspecified atom stereocenters. The zero-order chi connectivity index (χ0) is 5.21. The zero-order valence-corrected chi connectivity index (χ0v) is 9.21. The van der Waals surface area contributed by atoms with E-state index >= 15 is 0 Å². The van der Waals surface area contributed by atoms with E-state index in [1.54, 1.807) is 0 Å². The Hall–Kier alpha value is 1.12. The molecule has 0 N–H and O–H groups in total. The van der Waals surface area contributed by atoms with Crippen molar-refractivity contribution >= 4 is 33.7 Å². The average Bonchev–Trinajstić information content (AvgIpc) is 1.35. The third-order valence-corrected chi connectivity index (χ3v) is 5.30. The molecule has 0 aromatic heterocycles. The van der Waals surface area contributed by atoms with E-state index in [1.165, 1.54) is 5.21 Å². The van der Waals surface area contributed by atoms with Crippen molar-refractivity contribution in [1.82, 2.24) is 0 Å². The molecule has 0 amide bonds. The number of rotatable bonds is 1. The zero-order valence-electron chi connectivity index (χ0n) is 4.36. The summed E-state index contributed by atoms with van der Waals surface area (Å²) in [5, 5.41) is 1.36. The van der Waals surface area contributed by atoms with Gasteiger partial charge in [0.05, 0.1) is 0 Å². The molecule has 0 aromatic carbocycles. The molecule has 0 saturated carbocycles. The maximum absolute atomic E-state index is 2.29. The molecule has 0 bridgehead atoms. The Morgan fingerprint density at radius 2 is 1.67 bits per heavy atom. The summed E-state index contributed by atoms with van der Waals surface area (Å²) in [7, 11) is 0. The Balaban J connectivity index is 3.17. The summed E-state index contributed by atoms with van der Waals surface area (Å²) in [4.78, 5) is 0. The molecular formula is C4H12As2. The second kappa shape index (κ2) is 2.43. The quantitative estimate of drug-likeness (QED) is 0.529. The van der Waals surface area contributed by atoms with Gasteiger partial charge >= 0.3 is 57.0 Å². The van der Waals surface area contributed by atoms with Crippen LogP contribution in [0.2, 0.25) is 9.41 Å². The van der Waals surface area contributed by atoms with E-state index in [2.05, 4.69) is 13.8 Å². The van der Waals surface area contributed by atoms with Crippen molar-refractivity contribution in [3.05, 3.63) is 0 Å². The summed E-state index contributed by atoms with van der Waals surface area (Å²) < 4.78 is 0.632. The molecule has 0 fully saturated rings. The van der Waals surface area contributed by atoms with Gasteiger partial charge < -0.3 is 0 Å². The van der Waals surface area contributed by atoms with Crippen molar-refractivity contribution in [3.63, 3.8) is 0 Å². The monoisotopic (exact) mass is 210 g/mol. The van der Waals surface area contributed by atoms with Gasteiger partial charge in [0, 0.05) is 0 Å². The molecule has 0 aromatic rings. The van der Waals surface area contributed by atoms with Crippen LogP contribution in [0.25, 0.3) is 0 Å². The molecule has 0 saturated heterocycles. The van der Waals surface area contributed by atoms with Crippen LogP contribution in [0, 0.1) is 0 Å². The first-order chi connectivity index (χ1) is 2.56. The fraction of sp³-hybridized carbons (Fsp3) is 1.00. The van der Waals surface area contributed by atoms with Gasteiger partial charge in [0.2, 0.25) is 0 Å². The van der Waals surface area contributed by atoms with Crippen LogP contribution >= 0.6 is 0 Å². The van der Waals surface area contributed by atoms with Crippen molar-refractivity contribution in [2.75, 3.05) is 0 Å². The average molecular weight is 210 g/mol. The molecule has 0 heterocycles. The molecule has 0 aliphatic rings. The van der Waals surface area contributed by atoms with Crippen molar-refractivity contribution in [3.8, 4) is 0 Å². The van der Waals surface area contributed by atoms with Gasteiger partial charge in [-0.25, -0.2) is 0 Å². The summed E-state index contributed by atoms with van der Waals surface area (Å²) in [6.45, 7) is 4.57. The Morgan fingerprint density at radius 1 is 1.50 bits per heavy atom. The molecule has 0 spiro atoms. The Labute approximate surface area is 57.1 Å². The minimum absolute atomic E-state index is 0.632. The van der Waals surface area contributed by atoms with Crippen molar-refractivity contribution in [1.29, 1.82) is 0 Å². The standard InChI is InChI=1S/C4H12As2/c1-4(2,6)3-5/h3,5-6H2,1-2H3. The molecule has 6 heavy (non-hydrogen) atoms. The molecule has 2 heteroatoms. The predicted octanol–water partition coefficient (Wildman–Crippen LogP) is -0.131. The van der Waals surface area contributed by atoms with Crippen LogP contribution in [0.1, 0.15) is 13.8 Å². The molecule has 2 atom stereocenters. The number of hydrogen-bond acceptors (Lipinski definition) is 0. The first-order valence-electron chi connectivity index (χ1n) is 2.05. The molecule has 0 rings (SSSR count).